The van der Waals surface area contributed by atoms with Crippen LogP contribution in [0.4, 0.5) is 4.39 Å². The lowest BCUT2D eigenvalue weighted by Gasteiger charge is -2.34. The van der Waals surface area contributed by atoms with Crippen molar-refractivity contribution in [3.8, 4) is 0 Å². The highest BCUT2D eigenvalue weighted by Crippen LogP contribution is 2.18. The Morgan fingerprint density at radius 3 is 2.85 bits per heavy atom. The summed E-state index contributed by atoms with van der Waals surface area (Å²) in [6.07, 6.45) is 2.65. The van der Waals surface area contributed by atoms with Gasteiger partial charge in [0, 0.05) is 26.2 Å². The predicted octanol–water partition coefficient (Wildman–Crippen LogP) is 1.93. The van der Waals surface area contributed by atoms with E-state index in [1.54, 1.807) is 6.07 Å². The van der Waals surface area contributed by atoms with Gasteiger partial charge in [0.05, 0.1) is 30.7 Å². The maximum Gasteiger partial charge on any atom is 0.227 e. The summed E-state index contributed by atoms with van der Waals surface area (Å²) in [5, 5.41) is 3.36. The number of hydrogen-bond donors (Lipinski definition) is 1. The minimum Gasteiger partial charge on any atom is -0.378 e. The molecule has 0 spiro atoms. The highest BCUT2D eigenvalue weighted by molar-refractivity contribution is 6.30. The summed E-state index contributed by atoms with van der Waals surface area (Å²) in [7, 11) is 0. The van der Waals surface area contributed by atoms with Crippen LogP contribution in [0.25, 0.3) is 0 Å². The maximum absolute atomic E-state index is 13.3. The van der Waals surface area contributed by atoms with Crippen LogP contribution in [0.2, 0.25) is 5.02 Å². The number of nitrogens with zero attached hydrogens (tertiary/aromatic N) is 2. The van der Waals surface area contributed by atoms with Gasteiger partial charge in [0.15, 0.2) is 0 Å². The first-order valence-corrected chi connectivity index (χ1v) is 9.75. The third kappa shape index (κ3) is 5.39. The second-order valence-electron chi connectivity index (χ2n) is 6.99. The van der Waals surface area contributed by atoms with Crippen molar-refractivity contribution in [1.82, 2.24) is 15.1 Å². The smallest absolute Gasteiger partial charge is 0.227 e. The lowest BCUT2D eigenvalue weighted by Crippen LogP contribution is -2.50. The second kappa shape index (κ2) is 9.65. The first-order valence-electron chi connectivity index (χ1n) is 9.37. The van der Waals surface area contributed by atoms with Gasteiger partial charge < -0.3 is 15.0 Å². The number of halogens is 2. The first kappa shape index (κ1) is 19.5. The average Bonchev–Trinajstić information content (AvgIpc) is 3.17. The van der Waals surface area contributed by atoms with Gasteiger partial charge in [-0.3, -0.25) is 9.69 Å². The molecule has 0 aromatic heterocycles. The fourth-order valence-corrected chi connectivity index (χ4v) is 3.79. The highest BCUT2D eigenvalue weighted by Gasteiger charge is 2.26. The number of benzene rings is 1. The quantitative estimate of drug-likeness (QED) is 0.866. The van der Waals surface area contributed by atoms with E-state index in [2.05, 4.69) is 10.2 Å². The van der Waals surface area contributed by atoms with Crippen molar-refractivity contribution in [1.29, 1.82) is 0 Å². The molecule has 1 unspecified atom stereocenters. The minimum atomic E-state index is -0.461. The monoisotopic (exact) mass is 383 g/mol. The summed E-state index contributed by atoms with van der Waals surface area (Å²) in [6.45, 7) is 6.35. The molecule has 3 rings (SSSR count). The summed E-state index contributed by atoms with van der Waals surface area (Å²) in [6, 6.07) is 4.71. The molecule has 0 radical (unpaired) electrons. The van der Waals surface area contributed by atoms with Crippen molar-refractivity contribution in [2.45, 2.75) is 25.3 Å². The van der Waals surface area contributed by atoms with Crippen molar-refractivity contribution < 1.29 is 13.9 Å². The Morgan fingerprint density at radius 2 is 2.08 bits per heavy atom. The molecule has 1 N–H and O–H groups in total. The van der Waals surface area contributed by atoms with Crippen molar-refractivity contribution in [3.05, 3.63) is 34.6 Å². The Balaban J connectivity index is 1.67. The van der Waals surface area contributed by atoms with E-state index in [1.807, 2.05) is 4.90 Å². The second-order valence-corrected chi connectivity index (χ2v) is 7.39. The first-order chi connectivity index (χ1) is 12.6. The molecular weight excluding hydrogens is 357 g/mol. The number of nitrogens with one attached hydrogen (secondary N) is 1. The Morgan fingerprint density at radius 1 is 1.27 bits per heavy atom. The number of carbonyl (C=O) groups is 1. The van der Waals surface area contributed by atoms with E-state index in [0.717, 1.165) is 31.7 Å². The van der Waals surface area contributed by atoms with Gasteiger partial charge in [0.2, 0.25) is 5.91 Å². The Bertz CT molecular complexity index is 610. The van der Waals surface area contributed by atoms with Gasteiger partial charge >= 0.3 is 0 Å². The summed E-state index contributed by atoms with van der Waals surface area (Å²) in [5.41, 5.74) is 0.737. The molecule has 1 aromatic carbocycles. The van der Waals surface area contributed by atoms with Crippen LogP contribution in [0.3, 0.4) is 0 Å². The highest BCUT2D eigenvalue weighted by atomic mass is 35.5. The molecule has 0 aliphatic carbocycles. The fourth-order valence-electron chi connectivity index (χ4n) is 3.59. The zero-order chi connectivity index (χ0) is 18.4. The van der Waals surface area contributed by atoms with Crippen molar-refractivity contribution in [2.24, 2.45) is 0 Å². The van der Waals surface area contributed by atoms with Crippen LogP contribution >= 0.6 is 11.6 Å². The van der Waals surface area contributed by atoms with Crippen molar-refractivity contribution in [3.63, 3.8) is 0 Å². The van der Waals surface area contributed by atoms with E-state index < -0.39 is 5.82 Å². The number of ether oxygens (including phenoxy) is 1. The van der Waals surface area contributed by atoms with Crippen LogP contribution in [0.15, 0.2) is 18.2 Å². The van der Waals surface area contributed by atoms with E-state index in [1.165, 1.54) is 25.0 Å². The van der Waals surface area contributed by atoms with Crippen LogP contribution in [0.1, 0.15) is 18.4 Å². The summed E-state index contributed by atoms with van der Waals surface area (Å²) in [5.74, 6) is -0.420. The number of hydrogen-bond acceptors (Lipinski definition) is 4. The molecule has 0 bridgehead atoms. The molecule has 1 aromatic rings. The van der Waals surface area contributed by atoms with Gasteiger partial charge in [-0.1, -0.05) is 17.7 Å². The molecule has 2 aliphatic heterocycles. The van der Waals surface area contributed by atoms with Crippen LogP contribution in [0.5, 0.6) is 0 Å². The van der Waals surface area contributed by atoms with Gasteiger partial charge in [-0.25, -0.2) is 4.39 Å². The molecule has 2 saturated heterocycles. The van der Waals surface area contributed by atoms with Crippen LogP contribution in [-0.2, 0) is 16.0 Å². The van der Waals surface area contributed by atoms with E-state index in [0.29, 0.717) is 26.3 Å². The van der Waals surface area contributed by atoms with Gasteiger partial charge in [0.1, 0.15) is 5.82 Å². The molecule has 0 saturated carbocycles. The lowest BCUT2D eigenvalue weighted by molar-refractivity contribution is -0.131. The zero-order valence-electron chi connectivity index (χ0n) is 15.1. The summed E-state index contributed by atoms with van der Waals surface area (Å²) in [4.78, 5) is 17.2. The summed E-state index contributed by atoms with van der Waals surface area (Å²) < 4.78 is 19.2. The average molecular weight is 384 g/mol. The van der Waals surface area contributed by atoms with Crippen LogP contribution in [-0.4, -0.2) is 74.2 Å². The zero-order valence-corrected chi connectivity index (χ0v) is 15.8. The molecule has 2 heterocycles. The topological polar surface area (TPSA) is 44.8 Å². The van der Waals surface area contributed by atoms with Crippen LogP contribution in [0, 0.1) is 5.82 Å². The molecule has 1 atom stereocenters. The van der Waals surface area contributed by atoms with Gasteiger partial charge in [-0.2, -0.15) is 0 Å². The normalized spacial score (nSPS) is 23.2. The molecule has 7 heteroatoms. The van der Waals surface area contributed by atoms with E-state index in [-0.39, 0.29) is 23.4 Å². The minimum absolute atomic E-state index is 0.0410. The van der Waals surface area contributed by atoms with E-state index in [4.69, 9.17) is 16.3 Å². The number of likely N-dealkylation sites (tertiary alicyclic amines) is 1. The number of carbonyl (C=O) groups excluding carboxylic acids is 1. The predicted molar refractivity (Wildman–Crippen MR) is 100.0 cm³/mol. The van der Waals surface area contributed by atoms with Crippen molar-refractivity contribution in [2.75, 3.05) is 52.5 Å². The standard InChI is InChI=1S/C19H27ClFN3O2/c20-17-11-15(3-4-18(17)21)12-19(25)24-9-5-22-6-10-26-14-16(13-24)23-7-1-2-8-23/h3-4,11,16,22H,1-2,5-10,12-14H2. The SMILES string of the molecule is O=C(Cc1ccc(F)c(Cl)c1)N1CCNCCOCC(N2CCCC2)C1. The van der Waals surface area contributed by atoms with Gasteiger partial charge in [-0.15, -0.1) is 0 Å². The molecule has 2 aliphatic rings. The Hall–Kier alpha value is -1.21. The molecular formula is C19H27ClFN3O2. The largest absolute Gasteiger partial charge is 0.378 e. The molecule has 5 nitrogen and oxygen atoms in total. The Kier molecular flexibility index (Phi) is 7.25. The summed E-state index contributed by atoms with van der Waals surface area (Å²) >= 11 is 5.85. The molecule has 144 valence electrons. The van der Waals surface area contributed by atoms with E-state index >= 15 is 0 Å². The fraction of sp³-hybridized carbons (Fsp3) is 0.632. The van der Waals surface area contributed by atoms with Crippen molar-refractivity contribution >= 4 is 17.5 Å². The third-order valence-electron chi connectivity index (χ3n) is 5.07. The van der Waals surface area contributed by atoms with Gasteiger partial charge in [0.25, 0.3) is 0 Å². The molecule has 1 amide bonds. The lowest BCUT2D eigenvalue weighted by atomic mass is 10.1. The van der Waals surface area contributed by atoms with Crippen LogP contribution < -0.4 is 5.32 Å². The maximum atomic E-state index is 13.3. The van der Waals surface area contributed by atoms with Gasteiger partial charge in [-0.05, 0) is 43.6 Å². The van der Waals surface area contributed by atoms with E-state index in [9.17, 15) is 9.18 Å². The molecule has 26 heavy (non-hydrogen) atoms. The molecule has 2 fully saturated rings. The number of rotatable bonds is 3. The Labute approximate surface area is 159 Å². The number of amides is 1. The third-order valence-corrected chi connectivity index (χ3v) is 5.36.